The lowest BCUT2D eigenvalue weighted by atomic mass is 9.71. The van der Waals surface area contributed by atoms with E-state index in [1.54, 1.807) is 0 Å². The highest BCUT2D eigenvalue weighted by atomic mass is 28.4. The zero-order valence-corrected chi connectivity index (χ0v) is 25.8. The van der Waals surface area contributed by atoms with Crippen LogP contribution in [0.1, 0.15) is 99.3 Å². The minimum Gasteiger partial charge on any atom is -0.432 e. The summed E-state index contributed by atoms with van der Waals surface area (Å²) >= 11 is 0. The minimum absolute atomic E-state index is 0.149. The van der Waals surface area contributed by atoms with Gasteiger partial charge in [0.05, 0.1) is 24.7 Å². The molecule has 0 spiro atoms. The maximum atomic E-state index is 14.2. The van der Waals surface area contributed by atoms with Gasteiger partial charge in [0.1, 0.15) is 11.9 Å². The standard InChI is InChI=1S/C29H58O6Si/c1-9-13-17-32-22-24-25(30)23(21-29(5,6)36(7,8)31)26(33-18-14-10-2)28(35-20-16-12-4)27(24)34-19-15-11-3/h23-24,26-28,31H,9-22H2,1-8H3/t23-,24+,26+,27-,28-/m1/s1. The number of Topliss-reactive ketones (excluding diaryl/α,β-unsaturated/α-hetero) is 1. The second-order valence-corrected chi connectivity index (χ2v) is 16.2. The molecule has 0 amide bonds. The quantitative estimate of drug-likeness (QED) is 0.142. The Morgan fingerprint density at radius 1 is 0.722 bits per heavy atom. The fourth-order valence-corrected chi connectivity index (χ4v) is 5.32. The Morgan fingerprint density at radius 3 is 1.58 bits per heavy atom. The van der Waals surface area contributed by atoms with E-state index in [4.69, 9.17) is 18.9 Å². The summed E-state index contributed by atoms with van der Waals surface area (Å²) in [7, 11) is -2.53. The molecule has 1 rings (SSSR count). The summed E-state index contributed by atoms with van der Waals surface area (Å²) < 4.78 is 25.5. The molecule has 0 aromatic heterocycles. The Kier molecular flexibility index (Phi) is 16.2. The normalized spacial score (nSPS) is 25.5. The number of ketones is 1. The molecular weight excluding hydrogens is 472 g/mol. The van der Waals surface area contributed by atoms with Crippen molar-refractivity contribution in [1.29, 1.82) is 0 Å². The molecular formula is C29H58O6Si. The summed E-state index contributed by atoms with van der Waals surface area (Å²) in [4.78, 5) is 25.3. The molecule has 5 atom stereocenters. The molecule has 0 heterocycles. The van der Waals surface area contributed by atoms with E-state index in [0.717, 1.165) is 51.4 Å². The van der Waals surface area contributed by atoms with Crippen LogP contribution >= 0.6 is 0 Å². The van der Waals surface area contributed by atoms with Gasteiger partial charge in [0.25, 0.3) is 0 Å². The van der Waals surface area contributed by atoms with Crippen LogP contribution in [-0.2, 0) is 23.7 Å². The van der Waals surface area contributed by atoms with E-state index in [9.17, 15) is 9.59 Å². The maximum absolute atomic E-state index is 14.2. The number of rotatable bonds is 20. The highest BCUT2D eigenvalue weighted by Crippen LogP contribution is 2.46. The predicted molar refractivity (Wildman–Crippen MR) is 150 cm³/mol. The molecule has 1 N–H and O–H groups in total. The molecule has 0 bridgehead atoms. The van der Waals surface area contributed by atoms with Crippen molar-refractivity contribution in [2.24, 2.45) is 11.8 Å². The van der Waals surface area contributed by atoms with Gasteiger partial charge in [-0.1, -0.05) is 67.2 Å². The molecule has 7 heteroatoms. The molecule has 36 heavy (non-hydrogen) atoms. The van der Waals surface area contributed by atoms with E-state index in [0.29, 0.717) is 39.5 Å². The third kappa shape index (κ3) is 10.5. The van der Waals surface area contributed by atoms with Crippen molar-refractivity contribution in [2.75, 3.05) is 33.0 Å². The van der Waals surface area contributed by atoms with Crippen LogP contribution in [0.4, 0.5) is 0 Å². The average Bonchev–Trinajstić information content (AvgIpc) is 2.81. The molecule has 0 unspecified atom stereocenters. The second-order valence-electron chi connectivity index (χ2n) is 11.8. The van der Waals surface area contributed by atoms with Crippen molar-refractivity contribution >= 4 is 14.1 Å². The first-order valence-corrected chi connectivity index (χ1v) is 17.7. The van der Waals surface area contributed by atoms with Crippen molar-refractivity contribution in [3.05, 3.63) is 0 Å². The molecule has 1 saturated carbocycles. The van der Waals surface area contributed by atoms with E-state index >= 15 is 0 Å². The molecule has 0 saturated heterocycles. The highest BCUT2D eigenvalue weighted by molar-refractivity contribution is 6.72. The van der Waals surface area contributed by atoms with Crippen LogP contribution in [0, 0.1) is 11.8 Å². The van der Waals surface area contributed by atoms with Gasteiger partial charge in [-0.2, -0.15) is 0 Å². The lowest BCUT2D eigenvalue weighted by molar-refractivity contribution is -0.203. The minimum atomic E-state index is -2.53. The summed E-state index contributed by atoms with van der Waals surface area (Å²) in [5, 5.41) is -0.350. The Morgan fingerprint density at radius 2 is 1.14 bits per heavy atom. The van der Waals surface area contributed by atoms with E-state index in [1.165, 1.54) is 0 Å². The molecule has 1 aliphatic rings. The second kappa shape index (κ2) is 17.3. The number of hydrogen-bond acceptors (Lipinski definition) is 6. The third-order valence-corrected chi connectivity index (χ3v) is 11.4. The van der Waals surface area contributed by atoms with Crippen molar-refractivity contribution in [1.82, 2.24) is 0 Å². The van der Waals surface area contributed by atoms with Gasteiger partial charge in [0, 0.05) is 32.3 Å². The number of hydrogen-bond donors (Lipinski definition) is 1. The van der Waals surface area contributed by atoms with Crippen LogP contribution in [-0.4, -0.2) is 70.2 Å². The van der Waals surface area contributed by atoms with Crippen LogP contribution in [0.2, 0.25) is 18.1 Å². The van der Waals surface area contributed by atoms with E-state index in [1.807, 2.05) is 13.1 Å². The first-order valence-electron chi connectivity index (χ1n) is 14.7. The van der Waals surface area contributed by atoms with Gasteiger partial charge in [0.15, 0.2) is 8.32 Å². The van der Waals surface area contributed by atoms with E-state index in [-0.39, 0.29) is 41.0 Å². The fraction of sp³-hybridized carbons (Fsp3) is 0.966. The summed E-state index contributed by atoms with van der Waals surface area (Å²) in [5.41, 5.74) is 0. The largest absolute Gasteiger partial charge is 0.432 e. The average molecular weight is 531 g/mol. The highest BCUT2D eigenvalue weighted by Gasteiger charge is 2.54. The molecule has 0 aliphatic heterocycles. The fourth-order valence-electron chi connectivity index (χ4n) is 4.60. The Bertz CT molecular complexity index is 591. The van der Waals surface area contributed by atoms with Crippen LogP contribution in [0.25, 0.3) is 0 Å². The summed E-state index contributed by atoms with van der Waals surface area (Å²) in [6.07, 6.45) is 7.46. The summed E-state index contributed by atoms with van der Waals surface area (Å²) in [5.74, 6) is -0.593. The molecule has 0 radical (unpaired) electrons. The van der Waals surface area contributed by atoms with Gasteiger partial charge in [-0.15, -0.1) is 0 Å². The number of unbranched alkanes of at least 4 members (excludes halogenated alkanes) is 4. The van der Waals surface area contributed by atoms with E-state index in [2.05, 4.69) is 41.5 Å². The Hall–Kier alpha value is -0.313. The van der Waals surface area contributed by atoms with Crippen molar-refractivity contribution in [3.63, 3.8) is 0 Å². The van der Waals surface area contributed by atoms with Crippen LogP contribution < -0.4 is 0 Å². The van der Waals surface area contributed by atoms with Gasteiger partial charge in [-0.3, -0.25) is 4.79 Å². The maximum Gasteiger partial charge on any atom is 0.188 e. The van der Waals surface area contributed by atoms with Gasteiger partial charge >= 0.3 is 0 Å². The first kappa shape index (κ1) is 33.7. The van der Waals surface area contributed by atoms with E-state index < -0.39 is 8.32 Å². The van der Waals surface area contributed by atoms with Gasteiger partial charge in [0.2, 0.25) is 0 Å². The lowest BCUT2D eigenvalue weighted by Crippen LogP contribution is -2.61. The molecule has 0 aromatic carbocycles. The Labute approximate surface area is 223 Å². The monoisotopic (exact) mass is 530 g/mol. The summed E-state index contributed by atoms with van der Waals surface area (Å²) in [6, 6.07) is 0. The molecule has 1 aliphatic carbocycles. The number of ether oxygens (including phenoxy) is 4. The topological polar surface area (TPSA) is 74.2 Å². The number of carbonyl (C=O) groups excluding carboxylic acids is 1. The Balaban J connectivity index is 3.41. The van der Waals surface area contributed by atoms with Gasteiger partial charge in [-0.05, 0) is 50.2 Å². The van der Waals surface area contributed by atoms with Gasteiger partial charge in [-0.25, -0.2) is 0 Å². The van der Waals surface area contributed by atoms with Gasteiger partial charge < -0.3 is 23.7 Å². The SMILES string of the molecule is CCCCOC[C@H]1C(=O)[C@@H](CC(C)(C)[Si](C)(C)O)[C@H](OCCCC)[C@@H](OCCCC)[C@@H]1OCCCC. The molecule has 1 fully saturated rings. The summed E-state index contributed by atoms with van der Waals surface area (Å²) in [6.45, 7) is 19.5. The van der Waals surface area contributed by atoms with Crippen LogP contribution in [0.15, 0.2) is 0 Å². The zero-order valence-electron chi connectivity index (χ0n) is 24.8. The zero-order chi connectivity index (χ0) is 27.2. The first-order chi connectivity index (χ1) is 17.1. The molecule has 214 valence electrons. The van der Waals surface area contributed by atoms with Crippen LogP contribution in [0.3, 0.4) is 0 Å². The third-order valence-electron chi connectivity index (χ3n) is 7.92. The molecule has 6 nitrogen and oxygen atoms in total. The van der Waals surface area contributed by atoms with Crippen molar-refractivity contribution in [2.45, 2.75) is 136 Å². The smallest absolute Gasteiger partial charge is 0.188 e. The molecule has 0 aromatic rings. The van der Waals surface area contributed by atoms with Crippen molar-refractivity contribution < 1.29 is 28.5 Å². The number of carbonyl (C=O) groups is 1. The lowest BCUT2D eigenvalue weighted by Gasteiger charge is -2.48. The van der Waals surface area contributed by atoms with Crippen molar-refractivity contribution in [3.8, 4) is 0 Å². The predicted octanol–water partition coefficient (Wildman–Crippen LogP) is 6.54. The van der Waals surface area contributed by atoms with Crippen LogP contribution in [0.5, 0.6) is 0 Å².